The Hall–Kier alpha value is -3.10. The summed E-state index contributed by atoms with van der Waals surface area (Å²) in [6.45, 7) is 7.02. The number of aliphatic hydroxyl groups excluding tert-OH is 1. The summed E-state index contributed by atoms with van der Waals surface area (Å²) in [6, 6.07) is 8.92. The number of fused-ring (bicyclic) bond motifs is 8. The van der Waals surface area contributed by atoms with Crippen LogP contribution in [0.2, 0.25) is 0 Å². The Bertz CT molecular complexity index is 1650. The number of rotatable bonds is 7. The van der Waals surface area contributed by atoms with Gasteiger partial charge in [0, 0.05) is 23.1 Å². The second-order valence-electron chi connectivity index (χ2n) is 17.4. The molecule has 276 valence electrons. The van der Waals surface area contributed by atoms with Gasteiger partial charge < -0.3 is 19.8 Å². The number of ketones is 1. The molecule has 9 rings (SSSR count). The van der Waals surface area contributed by atoms with Crippen molar-refractivity contribution in [3.8, 4) is 0 Å². The molecule has 4 atom stereocenters. The van der Waals surface area contributed by atoms with Crippen LogP contribution in [0, 0.1) is 40.2 Å². The Morgan fingerprint density at radius 2 is 1.65 bits per heavy atom. The molecule has 1 amide bonds. The van der Waals surface area contributed by atoms with Crippen LogP contribution < -0.4 is 0 Å². The highest BCUT2D eigenvalue weighted by molar-refractivity contribution is 6.10. The number of amides is 1. The molecule has 51 heavy (non-hydrogen) atoms. The van der Waals surface area contributed by atoms with E-state index in [1.165, 1.54) is 30.9 Å². The van der Waals surface area contributed by atoms with E-state index >= 15 is 0 Å². The van der Waals surface area contributed by atoms with Gasteiger partial charge in [-0.05, 0) is 162 Å². The molecule has 0 saturated heterocycles. The zero-order valence-electron chi connectivity index (χ0n) is 30.6. The average molecular weight is 704 g/mol. The summed E-state index contributed by atoms with van der Waals surface area (Å²) in [5.41, 5.74) is 1.19. The van der Waals surface area contributed by atoms with Crippen LogP contribution in [0.3, 0.4) is 0 Å². The maximum Gasteiger partial charge on any atom is 0.409 e. The van der Waals surface area contributed by atoms with Crippen molar-refractivity contribution in [2.45, 2.75) is 122 Å². The summed E-state index contributed by atoms with van der Waals surface area (Å²) in [5, 5.41) is 24.0. The lowest BCUT2D eigenvalue weighted by Gasteiger charge is -2.58. The topological polar surface area (TPSA) is 87.1 Å². The van der Waals surface area contributed by atoms with E-state index in [0.717, 1.165) is 66.7 Å². The molecule has 2 aromatic rings. The lowest BCUT2D eigenvalue weighted by molar-refractivity contribution is -0.103. The van der Waals surface area contributed by atoms with E-state index in [-0.39, 0.29) is 36.1 Å². The van der Waals surface area contributed by atoms with Crippen LogP contribution in [0.4, 0.5) is 13.6 Å². The third kappa shape index (κ3) is 7.04. The van der Waals surface area contributed by atoms with Gasteiger partial charge in [-0.1, -0.05) is 30.7 Å². The highest BCUT2D eigenvalue weighted by atomic mass is 19.2. The van der Waals surface area contributed by atoms with Gasteiger partial charge in [0.15, 0.2) is 17.4 Å². The van der Waals surface area contributed by atoms with Gasteiger partial charge in [-0.15, -0.1) is 0 Å². The zero-order chi connectivity index (χ0) is 36.1. The fraction of sp³-hybridized carbons (Fsp3) is 0.628. The number of carbonyl (C=O) groups is 2. The predicted molar refractivity (Wildman–Crippen MR) is 192 cm³/mol. The molecule has 7 aliphatic rings. The van der Waals surface area contributed by atoms with Crippen molar-refractivity contribution in [3.05, 3.63) is 81.9 Å². The van der Waals surface area contributed by atoms with Crippen LogP contribution in [0.1, 0.15) is 131 Å². The number of hydrogen-bond acceptors (Lipinski definition) is 5. The normalized spacial score (nSPS) is 34.5. The van der Waals surface area contributed by atoms with Crippen molar-refractivity contribution in [2.75, 3.05) is 19.7 Å². The van der Waals surface area contributed by atoms with Gasteiger partial charge in [0.25, 0.3) is 0 Å². The van der Waals surface area contributed by atoms with Crippen LogP contribution in [0.25, 0.3) is 0 Å². The number of benzene rings is 2. The molecule has 8 heteroatoms. The number of nitrogens with zero attached hydrogens (tertiary/aromatic N) is 1. The second-order valence-corrected chi connectivity index (χ2v) is 17.4. The van der Waals surface area contributed by atoms with Gasteiger partial charge in [0.1, 0.15) is 0 Å². The van der Waals surface area contributed by atoms with Crippen molar-refractivity contribution in [1.29, 1.82) is 0 Å². The van der Waals surface area contributed by atoms with Crippen molar-refractivity contribution in [1.82, 2.24) is 4.90 Å². The number of allylic oxidation sites excluding steroid dienone is 2. The first-order valence-electron chi connectivity index (χ1n) is 19.4. The van der Waals surface area contributed by atoms with Gasteiger partial charge in [-0.25, -0.2) is 13.6 Å². The molecule has 0 radical (unpaired) electrons. The number of carbonyl (C=O) groups excluding carboxylic acids is 2. The van der Waals surface area contributed by atoms with E-state index in [4.69, 9.17) is 4.74 Å². The summed E-state index contributed by atoms with van der Waals surface area (Å²) >= 11 is 0. The molecule has 0 spiro atoms. The van der Waals surface area contributed by atoms with E-state index < -0.39 is 34.5 Å². The van der Waals surface area contributed by atoms with E-state index in [2.05, 4.69) is 19.9 Å². The zero-order valence-corrected chi connectivity index (χ0v) is 30.6. The van der Waals surface area contributed by atoms with Crippen molar-refractivity contribution in [3.63, 3.8) is 0 Å². The molecule has 5 fully saturated rings. The Kier molecular flexibility index (Phi) is 9.98. The van der Waals surface area contributed by atoms with E-state index in [0.29, 0.717) is 50.6 Å². The SMILES string of the molecule is CCOC(=O)N(CC12CC3CC(CC(C3)C1)C2)C[C@]1(O)CC[C@H]2c3ccc(cc3C(=O)c3ccc(F)c(F)c3)C[C@@H](O)CCC(C)=CCC[C@@]21C. The first kappa shape index (κ1) is 36.3. The standard InChI is InChI=1S/C43H55F2NO5/c1-4-51-40(49)46(25-42-22-29-16-30(23-42)18-31(17-29)24-42)26-43(50)15-13-36-34-11-8-28(19-33(47)10-7-27(2)6-5-14-41(36,43)3)20-35(34)39(48)32-9-12-37(44)38(45)21-32/h6,8-9,11-12,20-21,29-31,33,36,47,50H,4-5,7,10,13-19,22-26H2,1-3H3/t29?,30?,31?,33-,36-,41-,42?,43+/m0/s1. The molecule has 6 bridgehead atoms. The van der Waals surface area contributed by atoms with Crippen molar-refractivity contribution < 1.29 is 33.3 Å². The van der Waals surface area contributed by atoms with Gasteiger partial charge in [-0.2, -0.15) is 0 Å². The maximum absolute atomic E-state index is 14.4. The van der Waals surface area contributed by atoms with Crippen LogP contribution in [0.15, 0.2) is 48.0 Å². The van der Waals surface area contributed by atoms with Crippen LogP contribution in [-0.2, 0) is 11.2 Å². The molecule has 0 heterocycles. The lowest BCUT2D eigenvalue weighted by atomic mass is 9.49. The minimum Gasteiger partial charge on any atom is -0.450 e. The third-order valence-electron chi connectivity index (χ3n) is 13.8. The van der Waals surface area contributed by atoms with E-state index in [9.17, 15) is 28.6 Å². The fourth-order valence-corrected chi connectivity index (χ4v) is 11.6. The molecule has 0 aliphatic heterocycles. The Morgan fingerprint density at radius 1 is 0.941 bits per heavy atom. The van der Waals surface area contributed by atoms with Gasteiger partial charge in [-0.3, -0.25) is 4.79 Å². The number of aliphatic hydroxyl groups is 2. The predicted octanol–water partition coefficient (Wildman–Crippen LogP) is 8.91. The van der Waals surface area contributed by atoms with Crippen LogP contribution in [0.5, 0.6) is 0 Å². The molecule has 7 aliphatic carbocycles. The minimum atomic E-state index is -1.28. The Labute approximate surface area is 301 Å². The van der Waals surface area contributed by atoms with Crippen LogP contribution >= 0.6 is 0 Å². The van der Waals surface area contributed by atoms with Crippen molar-refractivity contribution in [2.24, 2.45) is 28.6 Å². The summed E-state index contributed by atoms with van der Waals surface area (Å²) < 4.78 is 34.0. The third-order valence-corrected chi connectivity index (χ3v) is 13.8. The fourth-order valence-electron chi connectivity index (χ4n) is 11.6. The molecule has 6 nitrogen and oxygen atoms in total. The first-order chi connectivity index (χ1) is 24.3. The second kappa shape index (κ2) is 14.0. The van der Waals surface area contributed by atoms with Crippen LogP contribution in [-0.4, -0.2) is 58.4 Å². The molecular formula is C43H55F2NO5. The number of halogens is 2. The highest BCUT2D eigenvalue weighted by Gasteiger charge is 2.59. The summed E-state index contributed by atoms with van der Waals surface area (Å²) in [4.78, 5) is 29.9. The smallest absolute Gasteiger partial charge is 0.409 e. The molecule has 0 unspecified atom stereocenters. The van der Waals surface area contributed by atoms with Crippen molar-refractivity contribution >= 4 is 11.9 Å². The summed E-state index contributed by atoms with van der Waals surface area (Å²) in [7, 11) is 0. The van der Waals surface area contributed by atoms with Gasteiger partial charge in [0.05, 0.1) is 24.9 Å². The maximum atomic E-state index is 14.4. The molecule has 0 aromatic heterocycles. The van der Waals surface area contributed by atoms with E-state index in [1.54, 1.807) is 6.07 Å². The minimum absolute atomic E-state index is 0.0477. The largest absolute Gasteiger partial charge is 0.450 e. The highest BCUT2D eigenvalue weighted by Crippen LogP contribution is 2.62. The first-order valence-corrected chi connectivity index (χ1v) is 19.4. The molecule has 2 aromatic carbocycles. The summed E-state index contributed by atoms with van der Waals surface area (Å²) in [5.74, 6) is -0.615. The molecule has 5 saturated carbocycles. The summed E-state index contributed by atoms with van der Waals surface area (Å²) in [6.07, 6.45) is 12.5. The Morgan fingerprint density at radius 3 is 2.31 bits per heavy atom. The average Bonchev–Trinajstić information content (AvgIpc) is 3.32. The van der Waals surface area contributed by atoms with Gasteiger partial charge >= 0.3 is 6.09 Å². The Balaban J connectivity index is 1.27. The quantitative estimate of drug-likeness (QED) is 0.222. The monoisotopic (exact) mass is 703 g/mol. The number of ether oxygens (including phenoxy) is 1. The van der Waals surface area contributed by atoms with E-state index in [1.807, 2.05) is 24.0 Å². The number of hydrogen-bond donors (Lipinski definition) is 2. The van der Waals surface area contributed by atoms with Gasteiger partial charge in [0.2, 0.25) is 0 Å². The molecular weight excluding hydrogens is 648 g/mol. The lowest BCUT2D eigenvalue weighted by Crippen LogP contribution is -2.58. The molecule has 2 N–H and O–H groups in total.